The van der Waals surface area contributed by atoms with Gasteiger partial charge >= 0.3 is 0 Å². The molecule has 0 radical (unpaired) electrons. The first-order chi connectivity index (χ1) is 16.9. The predicted molar refractivity (Wildman–Crippen MR) is 131 cm³/mol. The number of hydrogen-bond acceptors (Lipinski definition) is 5. The SMILES string of the molecule is CCOc1ccc(NC(=O)Cn2cc(C(=O)c3ccc(F)cc3)c(=O)c3cc(OC)ccc32)cc1. The van der Waals surface area contributed by atoms with E-state index < -0.39 is 17.0 Å². The molecule has 1 aromatic heterocycles. The van der Waals surface area contributed by atoms with E-state index in [1.807, 2.05) is 6.92 Å². The van der Waals surface area contributed by atoms with Crippen LogP contribution in [0.3, 0.4) is 0 Å². The fraction of sp³-hybridized carbons (Fsp3) is 0.148. The number of methoxy groups -OCH3 is 1. The maximum atomic E-state index is 13.3. The Bertz CT molecular complexity index is 1440. The molecule has 0 aliphatic carbocycles. The van der Waals surface area contributed by atoms with Gasteiger partial charge in [-0.1, -0.05) is 0 Å². The number of pyridine rings is 1. The summed E-state index contributed by atoms with van der Waals surface area (Å²) in [6.45, 7) is 2.27. The molecule has 0 unspecified atom stereocenters. The fourth-order valence-corrected chi connectivity index (χ4v) is 3.71. The summed E-state index contributed by atoms with van der Waals surface area (Å²) in [6, 6.07) is 16.7. The summed E-state index contributed by atoms with van der Waals surface area (Å²) < 4.78 is 25.5. The first-order valence-corrected chi connectivity index (χ1v) is 10.9. The Morgan fingerprint density at radius 2 is 1.66 bits per heavy atom. The number of carbonyl (C=O) groups excluding carboxylic acids is 2. The molecule has 0 bridgehead atoms. The van der Waals surface area contributed by atoms with Gasteiger partial charge in [-0.15, -0.1) is 0 Å². The quantitative estimate of drug-likeness (QED) is 0.382. The van der Waals surface area contributed by atoms with Crippen LogP contribution in [0.1, 0.15) is 22.8 Å². The number of hydrogen-bond donors (Lipinski definition) is 1. The number of rotatable bonds is 8. The van der Waals surface area contributed by atoms with Crippen molar-refractivity contribution in [3.63, 3.8) is 0 Å². The molecule has 0 aliphatic heterocycles. The van der Waals surface area contributed by atoms with Gasteiger partial charge in [0.25, 0.3) is 0 Å². The maximum absolute atomic E-state index is 13.3. The summed E-state index contributed by atoms with van der Waals surface area (Å²) in [5, 5.41) is 3.03. The van der Waals surface area contributed by atoms with Gasteiger partial charge in [-0.3, -0.25) is 14.4 Å². The number of ether oxygens (including phenoxy) is 2. The van der Waals surface area contributed by atoms with Crippen molar-refractivity contribution in [1.29, 1.82) is 0 Å². The molecule has 3 aromatic carbocycles. The zero-order valence-electron chi connectivity index (χ0n) is 19.2. The van der Waals surface area contributed by atoms with Gasteiger partial charge in [0.05, 0.1) is 30.2 Å². The minimum atomic E-state index is -0.569. The molecule has 1 heterocycles. The van der Waals surface area contributed by atoms with Crippen molar-refractivity contribution in [2.45, 2.75) is 13.5 Å². The van der Waals surface area contributed by atoms with E-state index in [0.29, 0.717) is 29.3 Å². The van der Waals surface area contributed by atoms with E-state index in [0.717, 1.165) is 12.1 Å². The molecule has 4 aromatic rings. The van der Waals surface area contributed by atoms with Crippen molar-refractivity contribution in [3.8, 4) is 11.5 Å². The lowest BCUT2D eigenvalue weighted by atomic mass is 10.0. The molecular weight excluding hydrogens is 451 g/mol. The summed E-state index contributed by atoms with van der Waals surface area (Å²) in [4.78, 5) is 39.2. The van der Waals surface area contributed by atoms with Crippen molar-refractivity contribution in [2.75, 3.05) is 19.0 Å². The van der Waals surface area contributed by atoms with Gasteiger partial charge in [0.15, 0.2) is 5.78 Å². The molecule has 1 N–H and O–H groups in total. The van der Waals surface area contributed by atoms with E-state index in [-0.39, 0.29) is 29.0 Å². The van der Waals surface area contributed by atoms with Crippen LogP contribution in [0.25, 0.3) is 10.9 Å². The number of nitrogens with one attached hydrogen (secondary N) is 1. The van der Waals surface area contributed by atoms with Gasteiger partial charge < -0.3 is 19.4 Å². The molecule has 0 saturated carbocycles. The number of fused-ring (bicyclic) bond motifs is 1. The summed E-state index contributed by atoms with van der Waals surface area (Å²) >= 11 is 0. The number of anilines is 1. The molecule has 35 heavy (non-hydrogen) atoms. The van der Waals surface area contributed by atoms with Gasteiger partial charge in [-0.25, -0.2) is 4.39 Å². The number of ketones is 1. The van der Waals surface area contributed by atoms with Crippen molar-refractivity contribution >= 4 is 28.3 Å². The second kappa shape index (κ2) is 10.2. The average Bonchev–Trinajstić information content (AvgIpc) is 2.87. The molecule has 0 saturated heterocycles. The van der Waals surface area contributed by atoms with E-state index in [1.165, 1.54) is 36.1 Å². The Morgan fingerprint density at radius 1 is 0.971 bits per heavy atom. The van der Waals surface area contributed by atoms with Crippen LogP contribution in [0.15, 0.2) is 77.7 Å². The highest BCUT2D eigenvalue weighted by molar-refractivity contribution is 6.10. The number of nitrogens with zero attached hydrogens (tertiary/aromatic N) is 1. The Morgan fingerprint density at radius 3 is 2.31 bits per heavy atom. The van der Waals surface area contributed by atoms with E-state index in [9.17, 15) is 18.8 Å². The van der Waals surface area contributed by atoms with Crippen molar-refractivity contribution in [1.82, 2.24) is 4.57 Å². The first-order valence-electron chi connectivity index (χ1n) is 10.9. The minimum absolute atomic E-state index is 0.133. The largest absolute Gasteiger partial charge is 0.497 e. The Hall–Kier alpha value is -4.46. The molecule has 0 fully saturated rings. The topological polar surface area (TPSA) is 86.6 Å². The number of benzene rings is 3. The van der Waals surface area contributed by atoms with Gasteiger partial charge in [-0.2, -0.15) is 0 Å². The molecule has 178 valence electrons. The molecule has 1 amide bonds. The first kappa shape index (κ1) is 23.7. The monoisotopic (exact) mass is 474 g/mol. The Labute approximate surface area is 200 Å². The lowest BCUT2D eigenvalue weighted by molar-refractivity contribution is -0.116. The van der Waals surface area contributed by atoms with Crippen LogP contribution in [0.4, 0.5) is 10.1 Å². The summed E-state index contributed by atoms with van der Waals surface area (Å²) in [5.41, 5.74) is 0.570. The zero-order chi connectivity index (χ0) is 24.9. The summed E-state index contributed by atoms with van der Waals surface area (Å²) in [6.07, 6.45) is 1.36. The standard InChI is InChI=1S/C27H23FN2O5/c1-3-35-20-10-8-19(9-11-20)29-25(31)16-30-15-23(26(32)17-4-6-18(28)7-5-17)27(33)22-14-21(34-2)12-13-24(22)30/h4-15H,3,16H2,1-2H3,(H,29,31). The van der Waals surface area contributed by atoms with E-state index in [1.54, 1.807) is 36.4 Å². The molecule has 4 rings (SSSR count). The highest BCUT2D eigenvalue weighted by atomic mass is 19.1. The van der Waals surface area contributed by atoms with Crippen LogP contribution in [0, 0.1) is 5.82 Å². The van der Waals surface area contributed by atoms with Crippen LogP contribution in [0.5, 0.6) is 11.5 Å². The van der Waals surface area contributed by atoms with Gasteiger partial charge in [0.1, 0.15) is 23.9 Å². The van der Waals surface area contributed by atoms with Crippen LogP contribution >= 0.6 is 0 Å². The van der Waals surface area contributed by atoms with Gasteiger partial charge in [0, 0.05) is 17.4 Å². The minimum Gasteiger partial charge on any atom is -0.497 e. The molecular formula is C27H23FN2O5. The van der Waals surface area contributed by atoms with Crippen LogP contribution in [-0.4, -0.2) is 30.0 Å². The lowest BCUT2D eigenvalue weighted by Gasteiger charge is -2.14. The Balaban J connectivity index is 1.71. The second-order valence-electron chi connectivity index (χ2n) is 7.72. The highest BCUT2D eigenvalue weighted by Crippen LogP contribution is 2.21. The van der Waals surface area contributed by atoms with Crippen molar-refractivity contribution in [2.24, 2.45) is 0 Å². The third-order valence-corrected chi connectivity index (χ3v) is 5.40. The number of aromatic nitrogens is 1. The van der Waals surface area contributed by atoms with Gasteiger partial charge in [-0.05, 0) is 73.7 Å². The van der Waals surface area contributed by atoms with Crippen molar-refractivity contribution < 1.29 is 23.5 Å². The number of halogens is 1. The van der Waals surface area contributed by atoms with E-state index >= 15 is 0 Å². The molecule has 0 spiro atoms. The van der Waals surface area contributed by atoms with E-state index in [2.05, 4.69) is 5.32 Å². The maximum Gasteiger partial charge on any atom is 0.244 e. The van der Waals surface area contributed by atoms with Crippen LogP contribution < -0.4 is 20.2 Å². The van der Waals surface area contributed by atoms with E-state index in [4.69, 9.17) is 9.47 Å². The smallest absolute Gasteiger partial charge is 0.244 e. The zero-order valence-corrected chi connectivity index (χ0v) is 19.2. The third-order valence-electron chi connectivity index (χ3n) is 5.40. The van der Waals surface area contributed by atoms with Crippen molar-refractivity contribution in [3.05, 3.63) is 100 Å². The fourth-order valence-electron chi connectivity index (χ4n) is 3.71. The summed E-state index contributed by atoms with van der Waals surface area (Å²) in [5.74, 6) is -0.287. The second-order valence-corrected chi connectivity index (χ2v) is 7.72. The molecule has 7 nitrogen and oxygen atoms in total. The highest BCUT2D eigenvalue weighted by Gasteiger charge is 2.19. The summed E-state index contributed by atoms with van der Waals surface area (Å²) in [7, 11) is 1.47. The lowest BCUT2D eigenvalue weighted by Crippen LogP contribution is -2.24. The van der Waals surface area contributed by atoms with Crippen LogP contribution in [0.2, 0.25) is 0 Å². The average molecular weight is 474 g/mol. The molecule has 0 aliphatic rings. The normalized spacial score (nSPS) is 10.7. The predicted octanol–water partition coefficient (Wildman–Crippen LogP) is 4.42. The molecule has 8 heteroatoms. The van der Waals surface area contributed by atoms with Gasteiger partial charge in [0.2, 0.25) is 11.3 Å². The number of carbonyl (C=O) groups is 2. The number of amides is 1. The third kappa shape index (κ3) is 5.22. The Kier molecular flexibility index (Phi) is 6.91. The van der Waals surface area contributed by atoms with Crippen LogP contribution in [-0.2, 0) is 11.3 Å². The molecule has 0 atom stereocenters.